The van der Waals surface area contributed by atoms with Crippen molar-refractivity contribution in [2.75, 3.05) is 21.3 Å². The van der Waals surface area contributed by atoms with Crippen LogP contribution in [-0.2, 0) is 19.0 Å². The van der Waals surface area contributed by atoms with Gasteiger partial charge in [-0.25, -0.2) is 0 Å². The summed E-state index contributed by atoms with van der Waals surface area (Å²) in [5.41, 5.74) is 0. The van der Waals surface area contributed by atoms with Crippen LogP contribution in [0.4, 0.5) is 0 Å². The number of ether oxygens (including phenoxy) is 3. The Morgan fingerprint density at radius 3 is 2.07 bits per heavy atom. The quantitative estimate of drug-likeness (QED) is 0.610. The molecule has 0 aromatic rings. The molecule has 0 rings (SSSR count). The Balaban J connectivity index is 4.18. The minimum Gasteiger partial charge on any atom is -0.469 e. The van der Waals surface area contributed by atoms with Crippen molar-refractivity contribution >= 4 is 5.97 Å². The zero-order valence-corrected chi connectivity index (χ0v) is 9.57. The van der Waals surface area contributed by atoms with E-state index >= 15 is 0 Å². The zero-order valence-electron chi connectivity index (χ0n) is 9.57. The topological polar surface area (TPSA) is 44.8 Å². The highest BCUT2D eigenvalue weighted by molar-refractivity contribution is 5.72. The van der Waals surface area contributed by atoms with Crippen molar-refractivity contribution < 1.29 is 19.0 Å². The highest BCUT2D eigenvalue weighted by Gasteiger charge is 2.26. The molecule has 0 saturated heterocycles. The van der Waals surface area contributed by atoms with Gasteiger partial charge in [-0.2, -0.15) is 0 Å². The van der Waals surface area contributed by atoms with Crippen LogP contribution in [0.5, 0.6) is 0 Å². The molecule has 4 nitrogen and oxygen atoms in total. The molecule has 0 aliphatic carbocycles. The van der Waals surface area contributed by atoms with Crippen molar-refractivity contribution in [3.8, 4) is 0 Å². The lowest BCUT2D eigenvalue weighted by Crippen LogP contribution is -2.31. The number of carbonyl (C=O) groups excluding carboxylic acids is 1. The molecule has 0 bridgehead atoms. The molecule has 3 unspecified atom stereocenters. The van der Waals surface area contributed by atoms with E-state index in [1.54, 1.807) is 21.1 Å². The molecule has 0 aliphatic heterocycles. The zero-order chi connectivity index (χ0) is 11.1. The summed E-state index contributed by atoms with van der Waals surface area (Å²) in [7, 11) is 4.61. The maximum absolute atomic E-state index is 11.2. The van der Waals surface area contributed by atoms with Gasteiger partial charge in [0.1, 0.15) is 0 Å². The first-order chi connectivity index (χ1) is 6.56. The van der Waals surface area contributed by atoms with Gasteiger partial charge in [-0.3, -0.25) is 4.79 Å². The number of carbonyl (C=O) groups is 1. The molecule has 0 saturated carbocycles. The molecule has 3 atom stereocenters. The van der Waals surface area contributed by atoms with Gasteiger partial charge in [0.2, 0.25) is 0 Å². The Kier molecular flexibility index (Phi) is 6.49. The Morgan fingerprint density at radius 2 is 1.71 bits per heavy atom. The number of esters is 1. The van der Waals surface area contributed by atoms with Crippen molar-refractivity contribution in [2.45, 2.75) is 32.5 Å². The third-order valence-corrected chi connectivity index (χ3v) is 2.40. The van der Waals surface area contributed by atoms with Gasteiger partial charge in [0.05, 0.1) is 25.2 Å². The second-order valence-electron chi connectivity index (χ2n) is 3.37. The van der Waals surface area contributed by atoms with Crippen LogP contribution in [0.3, 0.4) is 0 Å². The summed E-state index contributed by atoms with van der Waals surface area (Å²) in [6, 6.07) is 0. The maximum Gasteiger partial charge on any atom is 0.311 e. The first kappa shape index (κ1) is 13.4. The molecule has 14 heavy (non-hydrogen) atoms. The standard InChI is InChI=1S/C10H20O4/c1-7(12-3)6-9(13-4)8(2)10(11)14-5/h7-9H,6H2,1-5H3. The third kappa shape index (κ3) is 4.07. The highest BCUT2D eigenvalue weighted by Crippen LogP contribution is 2.15. The molecule has 0 fully saturated rings. The fourth-order valence-electron chi connectivity index (χ4n) is 1.27. The number of hydrogen-bond acceptors (Lipinski definition) is 4. The third-order valence-electron chi connectivity index (χ3n) is 2.40. The Hall–Kier alpha value is -0.610. The lowest BCUT2D eigenvalue weighted by Gasteiger charge is -2.23. The molecule has 0 aromatic carbocycles. The first-order valence-corrected chi connectivity index (χ1v) is 4.70. The van der Waals surface area contributed by atoms with Crippen molar-refractivity contribution in [1.29, 1.82) is 0 Å². The predicted octanol–water partition coefficient (Wildman–Crippen LogP) is 1.24. The van der Waals surface area contributed by atoms with E-state index in [1.807, 2.05) is 6.92 Å². The van der Waals surface area contributed by atoms with Crippen molar-refractivity contribution in [2.24, 2.45) is 5.92 Å². The minimum atomic E-state index is -0.261. The van der Waals surface area contributed by atoms with Gasteiger partial charge >= 0.3 is 5.97 Å². The summed E-state index contributed by atoms with van der Waals surface area (Å²) in [5, 5.41) is 0. The van der Waals surface area contributed by atoms with Gasteiger partial charge in [0.15, 0.2) is 0 Å². The molecular formula is C10H20O4. The SMILES string of the molecule is COC(=O)C(C)C(CC(C)OC)OC. The number of rotatable bonds is 6. The van der Waals surface area contributed by atoms with E-state index in [0.717, 1.165) is 0 Å². The van der Waals surface area contributed by atoms with Crippen LogP contribution in [0.2, 0.25) is 0 Å². The van der Waals surface area contributed by atoms with Gasteiger partial charge in [-0.05, 0) is 13.8 Å². The van der Waals surface area contributed by atoms with Gasteiger partial charge in [0.25, 0.3) is 0 Å². The molecule has 0 spiro atoms. The molecule has 4 heteroatoms. The Bertz CT molecular complexity index is 170. The van der Waals surface area contributed by atoms with E-state index in [2.05, 4.69) is 4.74 Å². The second-order valence-corrected chi connectivity index (χ2v) is 3.37. The molecule has 84 valence electrons. The van der Waals surface area contributed by atoms with Crippen LogP contribution >= 0.6 is 0 Å². The van der Waals surface area contributed by atoms with E-state index in [-0.39, 0.29) is 24.1 Å². The van der Waals surface area contributed by atoms with Crippen LogP contribution in [0.1, 0.15) is 20.3 Å². The summed E-state index contributed by atoms with van der Waals surface area (Å²) in [6.07, 6.45) is 0.605. The maximum atomic E-state index is 11.2. The van der Waals surface area contributed by atoms with E-state index in [9.17, 15) is 4.79 Å². The highest BCUT2D eigenvalue weighted by atomic mass is 16.5. The minimum absolute atomic E-state index is 0.0760. The van der Waals surface area contributed by atoms with Gasteiger partial charge in [-0.15, -0.1) is 0 Å². The molecule has 0 N–H and O–H groups in total. The lowest BCUT2D eigenvalue weighted by atomic mass is 9.99. The fourth-order valence-corrected chi connectivity index (χ4v) is 1.27. The molecule has 0 heterocycles. The first-order valence-electron chi connectivity index (χ1n) is 4.70. The number of hydrogen-bond donors (Lipinski definition) is 0. The second kappa shape index (κ2) is 6.79. The normalized spacial score (nSPS) is 17.2. The average Bonchev–Trinajstić information content (AvgIpc) is 2.23. The summed E-state index contributed by atoms with van der Waals surface area (Å²) < 4.78 is 15.0. The summed E-state index contributed by atoms with van der Waals surface area (Å²) in [5.74, 6) is -0.511. The largest absolute Gasteiger partial charge is 0.469 e. The van der Waals surface area contributed by atoms with E-state index < -0.39 is 0 Å². The van der Waals surface area contributed by atoms with Crippen molar-refractivity contribution in [3.05, 3.63) is 0 Å². The van der Waals surface area contributed by atoms with Gasteiger partial charge in [0, 0.05) is 20.6 Å². The average molecular weight is 204 g/mol. The fraction of sp³-hybridized carbons (Fsp3) is 0.900. The monoisotopic (exact) mass is 204 g/mol. The molecular weight excluding hydrogens is 184 g/mol. The molecule has 0 aliphatic rings. The van der Waals surface area contributed by atoms with Gasteiger partial charge in [-0.1, -0.05) is 0 Å². The Morgan fingerprint density at radius 1 is 1.14 bits per heavy atom. The molecule has 0 aromatic heterocycles. The predicted molar refractivity (Wildman–Crippen MR) is 53.1 cm³/mol. The van der Waals surface area contributed by atoms with Crippen LogP contribution in [0, 0.1) is 5.92 Å². The molecule has 0 amide bonds. The van der Waals surface area contributed by atoms with Crippen LogP contribution in [-0.4, -0.2) is 39.5 Å². The summed E-state index contributed by atoms with van der Waals surface area (Å²) in [6.45, 7) is 3.73. The Labute approximate surface area is 85.5 Å². The van der Waals surface area contributed by atoms with E-state index in [0.29, 0.717) is 6.42 Å². The summed E-state index contributed by atoms with van der Waals surface area (Å²) >= 11 is 0. The van der Waals surface area contributed by atoms with E-state index in [4.69, 9.17) is 9.47 Å². The smallest absolute Gasteiger partial charge is 0.311 e. The number of methoxy groups -OCH3 is 3. The summed E-state index contributed by atoms with van der Waals surface area (Å²) in [4.78, 5) is 11.2. The van der Waals surface area contributed by atoms with Crippen molar-refractivity contribution in [3.63, 3.8) is 0 Å². The molecule has 0 radical (unpaired) electrons. The van der Waals surface area contributed by atoms with Crippen LogP contribution in [0.15, 0.2) is 0 Å². The lowest BCUT2D eigenvalue weighted by molar-refractivity contribution is -0.150. The van der Waals surface area contributed by atoms with Gasteiger partial charge < -0.3 is 14.2 Å². The van der Waals surface area contributed by atoms with Crippen LogP contribution in [0.25, 0.3) is 0 Å². The van der Waals surface area contributed by atoms with Crippen LogP contribution < -0.4 is 0 Å². The van der Waals surface area contributed by atoms with E-state index in [1.165, 1.54) is 7.11 Å². The van der Waals surface area contributed by atoms with Crippen molar-refractivity contribution in [1.82, 2.24) is 0 Å².